The molecule has 0 fully saturated rings. The second-order valence-corrected chi connectivity index (χ2v) is 25.1. The fraction of sp³-hybridized carbons (Fsp3) is 0.0106. The van der Waals surface area contributed by atoms with Crippen LogP contribution in [0.1, 0.15) is 18.1 Å². The Bertz CT molecular complexity index is 5810. The third-order valence-electron chi connectivity index (χ3n) is 19.1. The molecule has 466 valence electrons. The van der Waals surface area contributed by atoms with Gasteiger partial charge in [0, 0.05) is 38.2 Å². The Labute approximate surface area is 575 Å². The summed E-state index contributed by atoms with van der Waals surface area (Å²) in [7, 11) is 0. The molecular formula is C94H65N5. The molecule has 0 aliphatic heterocycles. The molecule has 0 aliphatic carbocycles. The van der Waals surface area contributed by atoms with Crippen LogP contribution in [0.4, 0.5) is 0 Å². The van der Waals surface area contributed by atoms with Gasteiger partial charge in [-0.25, -0.2) is 15.0 Å². The highest BCUT2D eigenvalue weighted by Gasteiger charge is 2.22. The average molecular weight is 1260 g/mol. The Morgan fingerprint density at radius 3 is 0.949 bits per heavy atom. The van der Waals surface area contributed by atoms with Crippen LogP contribution in [-0.2, 0) is 0 Å². The lowest BCUT2D eigenvalue weighted by Crippen LogP contribution is -2.10. The van der Waals surface area contributed by atoms with Crippen LogP contribution < -0.4 is 0 Å². The third kappa shape index (κ3) is 11.3. The second kappa shape index (κ2) is 25.9. The highest BCUT2D eigenvalue weighted by Crippen LogP contribution is 2.45. The Balaban J connectivity index is 1.15. The largest absolute Gasteiger partial charge is 0.297 e. The molecule has 99 heavy (non-hydrogen) atoms. The molecule has 14 aromatic carbocycles. The van der Waals surface area contributed by atoms with Gasteiger partial charge < -0.3 is 0 Å². The van der Waals surface area contributed by atoms with Crippen LogP contribution in [0.15, 0.2) is 376 Å². The van der Waals surface area contributed by atoms with Gasteiger partial charge in [0.15, 0.2) is 0 Å². The molecule has 0 saturated heterocycles. The van der Waals surface area contributed by atoms with E-state index in [-0.39, 0.29) is 0 Å². The molecule has 0 bridgehead atoms. The van der Waals surface area contributed by atoms with Crippen molar-refractivity contribution in [3.05, 3.63) is 382 Å². The van der Waals surface area contributed by atoms with Crippen molar-refractivity contribution in [3.63, 3.8) is 0 Å². The standard InChI is InChI=1S/C94H65N5/c1-63(65-29-11-3-12-30-65)57-85(70-39-21-8-22-40-70)95-64(2)98-88-53-49-73(66-31-13-4-14-32-66)58-81(88)77-45-27-47-79-83-60-75(68-35-17-6-18-36-68)51-55-90(83)99(94-96-86(71-41-23-9-24-42-71)62-87(97-94)72-43-25-10-26-44-72)91-56-52-76(69-37-19-7-20-38-69)61-84(91)80-48-28-46-78(93(80)92(77)79)82-59-74(50-54-89(82)98)67-33-15-5-16-34-67/h3-62H,1H2,2H3/b85-57-,95-64+. The van der Waals surface area contributed by atoms with E-state index in [4.69, 9.17) is 15.0 Å². The molecule has 0 radical (unpaired) electrons. The maximum Gasteiger partial charge on any atom is 0.235 e. The van der Waals surface area contributed by atoms with Crippen molar-refractivity contribution in [2.75, 3.05) is 0 Å². The molecule has 17 aromatic rings. The van der Waals surface area contributed by atoms with Crippen molar-refractivity contribution in [1.29, 1.82) is 0 Å². The summed E-state index contributed by atoms with van der Waals surface area (Å²) in [6.07, 6.45) is 2.13. The number of benzene rings is 14. The van der Waals surface area contributed by atoms with Crippen molar-refractivity contribution < 1.29 is 0 Å². The topological polar surface area (TPSA) is 48.0 Å². The maximum absolute atomic E-state index is 5.85. The zero-order valence-electron chi connectivity index (χ0n) is 54.6. The summed E-state index contributed by atoms with van der Waals surface area (Å²) < 4.78 is 4.75. The first-order valence-electron chi connectivity index (χ1n) is 33.7. The SMILES string of the molecule is C=C(/C=C(\N=C(/C)n1c2ccc(-c3ccccc3)cc2c2cccc3c4cc(-c5ccccc5)ccc4n(-c4nc(-c5ccccc5)cc(-c5ccccc5)n4)c4ccc(-c5ccccc5)cc4c4cccc(c5cc(-c6ccccc6)ccc51)c4c23)c1ccccc1)c1ccccc1. The minimum absolute atomic E-state index is 0.536. The number of fused-ring (bicyclic) bond motifs is 8. The molecule has 3 heterocycles. The molecule has 17 rings (SSSR count). The van der Waals surface area contributed by atoms with Crippen molar-refractivity contribution >= 4 is 93.0 Å². The van der Waals surface area contributed by atoms with E-state index in [1.165, 1.54) is 0 Å². The molecule has 0 spiro atoms. The molecule has 5 heteroatoms. The van der Waals surface area contributed by atoms with Gasteiger partial charge in [-0.3, -0.25) is 9.13 Å². The van der Waals surface area contributed by atoms with Gasteiger partial charge in [0.05, 0.1) is 39.2 Å². The molecule has 0 aliphatic rings. The van der Waals surface area contributed by atoms with E-state index < -0.39 is 0 Å². The summed E-state index contributed by atoms with van der Waals surface area (Å²) in [5.74, 6) is 1.30. The van der Waals surface area contributed by atoms with E-state index in [0.29, 0.717) is 5.95 Å². The summed E-state index contributed by atoms with van der Waals surface area (Å²) in [6, 6.07) is 129. The first kappa shape index (κ1) is 59.6. The summed E-state index contributed by atoms with van der Waals surface area (Å²) in [6.45, 7) is 6.81. The van der Waals surface area contributed by atoms with Crippen molar-refractivity contribution in [2.45, 2.75) is 6.92 Å². The van der Waals surface area contributed by atoms with Crippen LogP contribution in [0, 0.1) is 0 Å². The van der Waals surface area contributed by atoms with E-state index in [2.05, 4.69) is 381 Å². The lowest BCUT2D eigenvalue weighted by atomic mass is 9.92. The summed E-state index contributed by atoms with van der Waals surface area (Å²) in [5, 5.41) is 10.4. The fourth-order valence-corrected chi connectivity index (χ4v) is 14.4. The van der Waals surface area contributed by atoms with Crippen LogP contribution in [0.3, 0.4) is 0 Å². The number of hydrogen-bond donors (Lipinski definition) is 0. The molecule has 0 atom stereocenters. The Morgan fingerprint density at radius 1 is 0.293 bits per heavy atom. The van der Waals surface area contributed by atoms with Gasteiger partial charge in [0.25, 0.3) is 0 Å². The number of rotatable bonds is 11. The van der Waals surface area contributed by atoms with Gasteiger partial charge in [-0.15, -0.1) is 0 Å². The van der Waals surface area contributed by atoms with Crippen LogP contribution in [-0.4, -0.2) is 24.9 Å². The molecule has 0 N–H and O–H groups in total. The smallest absolute Gasteiger partial charge is 0.235 e. The highest BCUT2D eigenvalue weighted by atomic mass is 15.2. The lowest BCUT2D eigenvalue weighted by molar-refractivity contribution is 0.992. The molecule has 3 aromatic heterocycles. The zero-order valence-corrected chi connectivity index (χ0v) is 54.6. The number of aromatic nitrogens is 4. The predicted molar refractivity (Wildman–Crippen MR) is 419 cm³/mol. The number of allylic oxidation sites excluding steroid dienone is 2. The van der Waals surface area contributed by atoms with E-state index >= 15 is 0 Å². The quantitative estimate of drug-likeness (QED) is 0.0736. The van der Waals surface area contributed by atoms with Gasteiger partial charge in [-0.1, -0.05) is 310 Å². The van der Waals surface area contributed by atoms with Crippen molar-refractivity contribution in [1.82, 2.24) is 19.1 Å². The van der Waals surface area contributed by atoms with E-state index in [0.717, 1.165) is 171 Å². The molecule has 0 unspecified atom stereocenters. The highest BCUT2D eigenvalue weighted by molar-refractivity contribution is 6.34. The van der Waals surface area contributed by atoms with Crippen LogP contribution in [0.2, 0.25) is 0 Å². The van der Waals surface area contributed by atoms with Crippen molar-refractivity contribution in [3.8, 4) is 73.0 Å². The number of aliphatic imine (C=N–C) groups is 1. The van der Waals surface area contributed by atoms with Crippen LogP contribution >= 0.6 is 0 Å². The lowest BCUT2D eigenvalue weighted by Gasteiger charge is -2.17. The molecular weight excluding hydrogens is 1200 g/mol. The summed E-state index contributed by atoms with van der Waals surface area (Å²) in [4.78, 5) is 17.3. The van der Waals surface area contributed by atoms with E-state index in [1.54, 1.807) is 0 Å². The van der Waals surface area contributed by atoms with Crippen LogP contribution in [0.25, 0.3) is 160 Å². The van der Waals surface area contributed by atoms with Gasteiger partial charge in [-0.2, -0.15) is 0 Å². The van der Waals surface area contributed by atoms with E-state index in [9.17, 15) is 0 Å². The van der Waals surface area contributed by atoms with Gasteiger partial charge in [0.2, 0.25) is 5.95 Å². The first-order chi connectivity index (χ1) is 48.9. The Morgan fingerprint density at radius 2 is 0.596 bits per heavy atom. The minimum Gasteiger partial charge on any atom is -0.297 e. The predicted octanol–water partition coefficient (Wildman–Crippen LogP) is 24.9. The molecule has 5 nitrogen and oxygen atoms in total. The summed E-state index contributed by atoms with van der Waals surface area (Å²) >= 11 is 0. The van der Waals surface area contributed by atoms with E-state index in [1.807, 2.05) is 6.07 Å². The summed E-state index contributed by atoms with van der Waals surface area (Å²) in [5.41, 5.74) is 19.8. The number of nitrogens with zero attached hydrogens (tertiary/aromatic N) is 5. The molecule has 0 saturated carbocycles. The normalized spacial score (nSPS) is 11.8. The Hall–Kier alpha value is -13.1. The number of hydrogen-bond acceptors (Lipinski definition) is 3. The van der Waals surface area contributed by atoms with Gasteiger partial charge in [-0.05, 0) is 156 Å². The Kier molecular flexibility index (Phi) is 15.6. The van der Waals surface area contributed by atoms with Crippen molar-refractivity contribution in [2.24, 2.45) is 4.99 Å². The fourth-order valence-electron chi connectivity index (χ4n) is 14.4. The monoisotopic (exact) mass is 1260 g/mol. The second-order valence-electron chi connectivity index (χ2n) is 25.1. The average Bonchev–Trinajstić information content (AvgIpc) is 1.60. The first-order valence-corrected chi connectivity index (χ1v) is 33.7. The van der Waals surface area contributed by atoms with Gasteiger partial charge >= 0.3 is 0 Å². The maximum atomic E-state index is 5.85. The minimum atomic E-state index is 0.536. The zero-order chi connectivity index (χ0) is 66.2. The van der Waals surface area contributed by atoms with Gasteiger partial charge in [0.1, 0.15) is 5.84 Å². The molecule has 0 amide bonds. The van der Waals surface area contributed by atoms with Crippen LogP contribution in [0.5, 0.6) is 0 Å². The third-order valence-corrected chi connectivity index (χ3v) is 19.1.